The zero-order valence-electron chi connectivity index (χ0n) is 15.0. The topological polar surface area (TPSA) is 35.5 Å². The summed E-state index contributed by atoms with van der Waals surface area (Å²) < 4.78 is 10.7. The van der Waals surface area contributed by atoms with Gasteiger partial charge in [-0.05, 0) is 70.4 Å². The van der Waals surface area contributed by atoms with Crippen LogP contribution in [0.3, 0.4) is 0 Å². The van der Waals surface area contributed by atoms with E-state index in [0.29, 0.717) is 12.2 Å². The Morgan fingerprint density at radius 1 is 1.25 bits per heavy atom. The normalized spacial score (nSPS) is 10.7. The van der Waals surface area contributed by atoms with Crippen molar-refractivity contribution < 1.29 is 14.3 Å². The van der Waals surface area contributed by atoms with Crippen molar-refractivity contribution in [3.05, 3.63) is 52.6 Å². The molecule has 0 radical (unpaired) electrons. The molecule has 0 saturated carbocycles. The second-order valence-corrected chi connectivity index (χ2v) is 5.94. The van der Waals surface area contributed by atoms with Crippen LogP contribution in [0.4, 0.5) is 0 Å². The molecule has 0 bridgehead atoms. The average Bonchev–Trinajstić information content (AvgIpc) is 2.53. The SMILES string of the molecule is C#CCOC(=O)c1ccc(OCC=C(C)CCC=C(C)C)c(C)c1. The molecule has 0 spiro atoms. The van der Waals surface area contributed by atoms with Gasteiger partial charge in [0, 0.05) is 0 Å². The van der Waals surface area contributed by atoms with Gasteiger partial charge >= 0.3 is 5.97 Å². The lowest BCUT2D eigenvalue weighted by Crippen LogP contribution is -2.06. The van der Waals surface area contributed by atoms with Gasteiger partial charge in [0.2, 0.25) is 0 Å². The van der Waals surface area contributed by atoms with E-state index in [0.717, 1.165) is 24.2 Å². The highest BCUT2D eigenvalue weighted by molar-refractivity contribution is 5.90. The predicted octanol–water partition coefficient (Wildman–Crippen LogP) is 4.86. The van der Waals surface area contributed by atoms with Crippen molar-refractivity contribution in [3.8, 4) is 18.1 Å². The van der Waals surface area contributed by atoms with Gasteiger partial charge < -0.3 is 9.47 Å². The summed E-state index contributed by atoms with van der Waals surface area (Å²) >= 11 is 0. The van der Waals surface area contributed by atoms with E-state index in [4.69, 9.17) is 15.9 Å². The molecule has 0 saturated heterocycles. The number of aryl methyl sites for hydroxylation is 1. The standard InChI is InChI=1S/C21H26O3/c1-6-13-24-21(22)19-10-11-20(18(5)15-19)23-14-12-17(4)9-7-8-16(2)3/h1,8,10-12,15H,7,9,13-14H2,2-5H3. The molecule has 0 unspecified atom stereocenters. The molecule has 0 heterocycles. The molecule has 1 aromatic carbocycles. The molecule has 0 atom stereocenters. The molecule has 0 aliphatic carbocycles. The second-order valence-electron chi connectivity index (χ2n) is 5.94. The Kier molecular flexibility index (Phi) is 8.43. The van der Waals surface area contributed by atoms with Crippen LogP contribution in [0.25, 0.3) is 0 Å². The third-order valence-electron chi connectivity index (χ3n) is 3.46. The molecule has 0 fully saturated rings. The van der Waals surface area contributed by atoms with Crippen LogP contribution in [-0.4, -0.2) is 19.2 Å². The van der Waals surface area contributed by atoms with Gasteiger partial charge in [-0.1, -0.05) is 23.1 Å². The fourth-order valence-corrected chi connectivity index (χ4v) is 2.09. The summed E-state index contributed by atoms with van der Waals surface area (Å²) in [6.45, 7) is 8.72. The van der Waals surface area contributed by atoms with Gasteiger partial charge in [0.05, 0.1) is 5.56 Å². The number of carbonyl (C=O) groups is 1. The number of hydrogen-bond acceptors (Lipinski definition) is 3. The molecular weight excluding hydrogens is 300 g/mol. The summed E-state index contributed by atoms with van der Waals surface area (Å²) in [6, 6.07) is 5.22. The van der Waals surface area contributed by atoms with E-state index in [-0.39, 0.29) is 6.61 Å². The first-order valence-corrected chi connectivity index (χ1v) is 8.07. The number of allylic oxidation sites excluding steroid dienone is 3. The molecular formula is C21H26O3. The van der Waals surface area contributed by atoms with Crippen LogP contribution in [0.1, 0.15) is 49.5 Å². The van der Waals surface area contributed by atoms with Gasteiger partial charge in [0.15, 0.2) is 6.61 Å². The largest absolute Gasteiger partial charge is 0.489 e. The van der Waals surface area contributed by atoms with E-state index in [1.54, 1.807) is 18.2 Å². The second kappa shape index (κ2) is 10.3. The maximum absolute atomic E-state index is 11.7. The van der Waals surface area contributed by atoms with Crippen LogP contribution in [-0.2, 0) is 4.74 Å². The fourth-order valence-electron chi connectivity index (χ4n) is 2.09. The zero-order chi connectivity index (χ0) is 17.9. The zero-order valence-corrected chi connectivity index (χ0v) is 15.0. The predicted molar refractivity (Wildman–Crippen MR) is 98.2 cm³/mol. The van der Waals surface area contributed by atoms with Crippen LogP contribution in [0.2, 0.25) is 0 Å². The van der Waals surface area contributed by atoms with Crippen LogP contribution in [0, 0.1) is 19.3 Å². The van der Waals surface area contributed by atoms with Crippen LogP contribution >= 0.6 is 0 Å². The van der Waals surface area contributed by atoms with Crippen LogP contribution in [0.15, 0.2) is 41.5 Å². The maximum Gasteiger partial charge on any atom is 0.339 e. The fraction of sp³-hybridized carbons (Fsp3) is 0.381. The van der Waals surface area contributed by atoms with Crippen molar-refractivity contribution in [2.75, 3.05) is 13.2 Å². The van der Waals surface area contributed by atoms with Crippen LogP contribution < -0.4 is 4.74 Å². The Balaban J connectivity index is 2.55. The monoisotopic (exact) mass is 326 g/mol. The third-order valence-corrected chi connectivity index (χ3v) is 3.46. The van der Waals surface area contributed by atoms with E-state index < -0.39 is 5.97 Å². The quantitative estimate of drug-likeness (QED) is 0.389. The van der Waals surface area contributed by atoms with Gasteiger partial charge in [-0.25, -0.2) is 4.79 Å². The van der Waals surface area contributed by atoms with E-state index in [1.165, 1.54) is 11.1 Å². The minimum absolute atomic E-state index is 0.0209. The first kappa shape index (κ1) is 19.6. The van der Waals surface area contributed by atoms with Gasteiger partial charge in [-0.2, -0.15) is 0 Å². The van der Waals surface area contributed by atoms with Crippen LogP contribution in [0.5, 0.6) is 5.75 Å². The Morgan fingerprint density at radius 3 is 2.62 bits per heavy atom. The highest BCUT2D eigenvalue weighted by atomic mass is 16.5. The lowest BCUT2D eigenvalue weighted by atomic mass is 10.1. The lowest BCUT2D eigenvalue weighted by molar-refractivity contribution is 0.0556. The van der Waals surface area contributed by atoms with Crippen molar-refractivity contribution in [3.63, 3.8) is 0 Å². The summed E-state index contributed by atoms with van der Waals surface area (Å²) in [6.07, 6.45) is 11.5. The molecule has 0 aliphatic heterocycles. The van der Waals surface area contributed by atoms with Crippen molar-refractivity contribution in [1.82, 2.24) is 0 Å². The Hall–Kier alpha value is -2.47. The summed E-state index contributed by atoms with van der Waals surface area (Å²) in [5, 5.41) is 0. The maximum atomic E-state index is 11.7. The van der Waals surface area contributed by atoms with Crippen molar-refractivity contribution in [2.45, 2.75) is 40.5 Å². The molecule has 1 aromatic rings. The van der Waals surface area contributed by atoms with Gasteiger partial charge in [0.1, 0.15) is 12.4 Å². The molecule has 0 aromatic heterocycles. The molecule has 24 heavy (non-hydrogen) atoms. The van der Waals surface area contributed by atoms with E-state index in [1.807, 2.05) is 6.92 Å². The molecule has 0 amide bonds. The number of terminal acetylenes is 1. The van der Waals surface area contributed by atoms with Crippen molar-refractivity contribution in [1.29, 1.82) is 0 Å². The number of benzene rings is 1. The molecule has 0 N–H and O–H groups in total. The molecule has 0 aliphatic rings. The van der Waals surface area contributed by atoms with Crippen molar-refractivity contribution >= 4 is 5.97 Å². The summed E-state index contributed by atoms with van der Waals surface area (Å²) in [5.41, 5.74) is 4.01. The first-order valence-electron chi connectivity index (χ1n) is 8.07. The summed E-state index contributed by atoms with van der Waals surface area (Å²) in [7, 11) is 0. The molecule has 128 valence electrons. The summed E-state index contributed by atoms with van der Waals surface area (Å²) in [5.74, 6) is 2.62. The van der Waals surface area contributed by atoms with Gasteiger partial charge in [-0.3, -0.25) is 0 Å². The van der Waals surface area contributed by atoms with E-state index in [2.05, 4.69) is 38.8 Å². The lowest BCUT2D eigenvalue weighted by Gasteiger charge is -2.09. The van der Waals surface area contributed by atoms with E-state index >= 15 is 0 Å². The average molecular weight is 326 g/mol. The molecule has 3 heteroatoms. The minimum Gasteiger partial charge on any atom is -0.489 e. The smallest absolute Gasteiger partial charge is 0.339 e. The molecule has 3 nitrogen and oxygen atoms in total. The number of rotatable bonds is 8. The third kappa shape index (κ3) is 7.19. The Morgan fingerprint density at radius 2 is 2.00 bits per heavy atom. The Labute approximate surface area is 145 Å². The van der Waals surface area contributed by atoms with Crippen molar-refractivity contribution in [2.24, 2.45) is 0 Å². The summed E-state index contributed by atoms with van der Waals surface area (Å²) in [4.78, 5) is 11.7. The molecule has 1 rings (SSSR count). The van der Waals surface area contributed by atoms with E-state index in [9.17, 15) is 4.79 Å². The number of hydrogen-bond donors (Lipinski definition) is 0. The van der Waals surface area contributed by atoms with Gasteiger partial charge in [-0.15, -0.1) is 6.42 Å². The highest BCUT2D eigenvalue weighted by Crippen LogP contribution is 2.20. The number of ether oxygens (including phenoxy) is 2. The van der Waals surface area contributed by atoms with Gasteiger partial charge in [0.25, 0.3) is 0 Å². The highest BCUT2D eigenvalue weighted by Gasteiger charge is 2.09. The number of carbonyl (C=O) groups excluding carboxylic acids is 1. The minimum atomic E-state index is -0.419. The first-order chi connectivity index (χ1) is 11.4. The Bertz CT molecular complexity index is 656. The number of esters is 1.